The smallest absolute Gasteiger partial charge is 0.200 e. The highest BCUT2D eigenvalue weighted by Gasteiger charge is 2.29. The van der Waals surface area contributed by atoms with Crippen LogP contribution in [-0.4, -0.2) is 47.6 Å². The number of rotatable bonds is 3. The van der Waals surface area contributed by atoms with Crippen LogP contribution in [0.1, 0.15) is 30.5 Å². The first kappa shape index (κ1) is 15.1. The second kappa shape index (κ2) is 5.86. The van der Waals surface area contributed by atoms with Crippen LogP contribution in [0.15, 0.2) is 24.8 Å². The van der Waals surface area contributed by atoms with Gasteiger partial charge in [-0.3, -0.25) is 0 Å². The zero-order valence-electron chi connectivity index (χ0n) is 13.9. The summed E-state index contributed by atoms with van der Waals surface area (Å²) in [6, 6.07) is 2.06. The Labute approximate surface area is 139 Å². The van der Waals surface area contributed by atoms with E-state index in [1.54, 1.807) is 17.0 Å². The van der Waals surface area contributed by atoms with Crippen LogP contribution in [-0.2, 0) is 7.05 Å². The molecule has 1 saturated heterocycles. The molecule has 3 aromatic heterocycles. The monoisotopic (exact) mass is 327 g/mol. The minimum absolute atomic E-state index is 0.221. The van der Waals surface area contributed by atoms with Crippen molar-refractivity contribution in [3.63, 3.8) is 0 Å². The van der Waals surface area contributed by atoms with Crippen molar-refractivity contribution in [3.05, 3.63) is 36.3 Å². The van der Waals surface area contributed by atoms with Gasteiger partial charge in [0.15, 0.2) is 0 Å². The highest BCUT2D eigenvalue weighted by molar-refractivity contribution is 5.68. The Bertz CT molecular complexity index is 847. The van der Waals surface area contributed by atoms with E-state index in [0.717, 1.165) is 48.8 Å². The number of aromatic nitrogens is 6. The minimum Gasteiger partial charge on any atom is -0.385 e. The van der Waals surface area contributed by atoms with Gasteiger partial charge in [-0.05, 0) is 31.7 Å². The van der Waals surface area contributed by atoms with Gasteiger partial charge in [0.05, 0.1) is 11.4 Å². The first-order chi connectivity index (χ1) is 11.6. The van der Waals surface area contributed by atoms with E-state index in [-0.39, 0.29) is 5.92 Å². The summed E-state index contributed by atoms with van der Waals surface area (Å²) in [7, 11) is 1.92. The predicted octanol–water partition coefficient (Wildman–Crippen LogP) is 1.12. The number of nitrogens with zero attached hydrogens (tertiary/aromatic N) is 7. The van der Waals surface area contributed by atoms with E-state index >= 15 is 0 Å². The molecule has 0 radical (unpaired) electrons. The van der Waals surface area contributed by atoms with Crippen LogP contribution in [0.25, 0.3) is 5.65 Å². The topological polar surface area (TPSA) is 84.4 Å². The lowest BCUT2D eigenvalue weighted by Crippen LogP contribution is -2.36. The van der Waals surface area contributed by atoms with Gasteiger partial charge in [-0.15, -0.1) is 10.2 Å². The molecule has 0 saturated carbocycles. The molecule has 8 nitrogen and oxygen atoms in total. The van der Waals surface area contributed by atoms with Crippen molar-refractivity contribution in [2.75, 3.05) is 18.0 Å². The van der Waals surface area contributed by atoms with Crippen molar-refractivity contribution >= 4 is 11.3 Å². The summed E-state index contributed by atoms with van der Waals surface area (Å²) in [5.74, 6) is 0.965. The quantitative estimate of drug-likeness (QED) is 0.776. The molecule has 3 aromatic rings. The van der Waals surface area contributed by atoms with Crippen molar-refractivity contribution < 1.29 is 5.11 Å². The number of fused-ring (bicyclic) bond motifs is 1. The van der Waals surface area contributed by atoms with Crippen LogP contribution < -0.4 is 4.90 Å². The Balaban J connectivity index is 1.51. The standard InChI is InChI=1S/C16H21N7O/c1-11-9-13(15-19-18-10-23(15)20-11)22-6-3-12(4-7-22)14(24)16-17-5-8-21(16)2/h5,8-10,12,14,24H,3-4,6-7H2,1-2H3. The molecule has 1 fully saturated rings. The minimum atomic E-state index is -0.514. The lowest BCUT2D eigenvalue weighted by molar-refractivity contribution is 0.0825. The van der Waals surface area contributed by atoms with Crippen LogP contribution in [0.4, 0.5) is 5.69 Å². The summed E-state index contributed by atoms with van der Waals surface area (Å²) in [6.45, 7) is 3.72. The Morgan fingerprint density at radius 1 is 1.29 bits per heavy atom. The average molecular weight is 327 g/mol. The fraction of sp³-hybridized carbons (Fsp3) is 0.500. The first-order valence-electron chi connectivity index (χ1n) is 8.21. The molecular formula is C16H21N7O. The zero-order valence-corrected chi connectivity index (χ0v) is 13.9. The van der Waals surface area contributed by atoms with Gasteiger partial charge >= 0.3 is 0 Å². The van der Waals surface area contributed by atoms with Crippen LogP contribution in [0, 0.1) is 12.8 Å². The maximum absolute atomic E-state index is 10.6. The van der Waals surface area contributed by atoms with Crippen molar-refractivity contribution in [2.24, 2.45) is 13.0 Å². The fourth-order valence-electron chi connectivity index (χ4n) is 3.49. The lowest BCUT2D eigenvalue weighted by Gasteiger charge is -2.35. The number of piperidine rings is 1. The molecule has 1 atom stereocenters. The molecule has 0 bridgehead atoms. The van der Waals surface area contributed by atoms with E-state index in [4.69, 9.17) is 0 Å². The third kappa shape index (κ3) is 2.52. The maximum Gasteiger partial charge on any atom is 0.200 e. The number of aliphatic hydroxyl groups is 1. The van der Waals surface area contributed by atoms with Gasteiger partial charge in [0.1, 0.15) is 18.3 Å². The largest absolute Gasteiger partial charge is 0.385 e. The molecule has 1 N–H and O–H groups in total. The molecule has 1 unspecified atom stereocenters. The Morgan fingerprint density at radius 2 is 2.08 bits per heavy atom. The second-order valence-corrected chi connectivity index (χ2v) is 6.44. The molecule has 4 rings (SSSR count). The first-order valence-corrected chi connectivity index (χ1v) is 8.21. The molecular weight excluding hydrogens is 306 g/mol. The number of aryl methyl sites for hydroxylation is 2. The third-order valence-corrected chi connectivity index (χ3v) is 4.82. The summed E-state index contributed by atoms with van der Waals surface area (Å²) in [5.41, 5.74) is 2.78. The highest BCUT2D eigenvalue weighted by Crippen LogP contribution is 2.32. The van der Waals surface area contributed by atoms with Gasteiger partial charge in [-0.1, -0.05) is 0 Å². The van der Waals surface area contributed by atoms with Crippen molar-refractivity contribution in [1.29, 1.82) is 0 Å². The zero-order chi connectivity index (χ0) is 16.7. The van der Waals surface area contributed by atoms with Crippen LogP contribution in [0.5, 0.6) is 0 Å². The van der Waals surface area contributed by atoms with Crippen LogP contribution in [0.3, 0.4) is 0 Å². The Morgan fingerprint density at radius 3 is 2.79 bits per heavy atom. The van der Waals surface area contributed by atoms with Gasteiger partial charge in [-0.25, -0.2) is 4.98 Å². The molecule has 1 aliphatic heterocycles. The van der Waals surface area contributed by atoms with E-state index < -0.39 is 6.10 Å². The number of imidazole rings is 1. The average Bonchev–Trinajstić information content (AvgIpc) is 3.22. The number of anilines is 1. The summed E-state index contributed by atoms with van der Waals surface area (Å²) < 4.78 is 3.61. The Kier molecular flexibility index (Phi) is 3.68. The highest BCUT2D eigenvalue weighted by atomic mass is 16.3. The summed E-state index contributed by atoms with van der Waals surface area (Å²) in [5, 5.41) is 23.2. The van der Waals surface area contributed by atoms with Crippen molar-refractivity contribution in [3.8, 4) is 0 Å². The van der Waals surface area contributed by atoms with Crippen molar-refractivity contribution in [2.45, 2.75) is 25.9 Å². The molecule has 24 heavy (non-hydrogen) atoms. The summed E-state index contributed by atoms with van der Waals surface area (Å²) in [4.78, 5) is 6.59. The van der Waals surface area contributed by atoms with Crippen LogP contribution in [0.2, 0.25) is 0 Å². The molecule has 8 heteroatoms. The molecule has 4 heterocycles. The lowest BCUT2D eigenvalue weighted by atomic mass is 9.90. The van der Waals surface area contributed by atoms with Gasteiger partial charge in [0, 0.05) is 32.5 Å². The van der Waals surface area contributed by atoms with E-state index in [0.29, 0.717) is 0 Å². The third-order valence-electron chi connectivity index (χ3n) is 4.82. The molecule has 126 valence electrons. The maximum atomic E-state index is 10.6. The number of hydrogen-bond donors (Lipinski definition) is 1. The van der Waals surface area contributed by atoms with Gasteiger partial charge in [0.25, 0.3) is 0 Å². The second-order valence-electron chi connectivity index (χ2n) is 6.44. The van der Waals surface area contributed by atoms with Gasteiger partial charge < -0.3 is 14.6 Å². The van der Waals surface area contributed by atoms with Crippen molar-refractivity contribution in [1.82, 2.24) is 29.4 Å². The molecule has 0 aromatic carbocycles. The summed E-state index contributed by atoms with van der Waals surface area (Å²) >= 11 is 0. The fourth-order valence-corrected chi connectivity index (χ4v) is 3.49. The predicted molar refractivity (Wildman–Crippen MR) is 88.6 cm³/mol. The molecule has 1 aliphatic rings. The number of hydrogen-bond acceptors (Lipinski definition) is 6. The van der Waals surface area contributed by atoms with E-state index in [2.05, 4.69) is 31.2 Å². The SMILES string of the molecule is Cc1cc(N2CCC(C(O)c3nccn3C)CC2)c2nncn2n1. The molecule has 0 aliphatic carbocycles. The van der Waals surface area contributed by atoms with E-state index in [9.17, 15) is 5.11 Å². The van der Waals surface area contributed by atoms with Crippen LogP contribution >= 0.6 is 0 Å². The molecule has 0 amide bonds. The number of aliphatic hydroxyl groups excluding tert-OH is 1. The van der Waals surface area contributed by atoms with E-state index in [1.807, 2.05) is 24.7 Å². The Hall–Kier alpha value is -2.48. The van der Waals surface area contributed by atoms with Gasteiger partial charge in [-0.2, -0.15) is 9.61 Å². The van der Waals surface area contributed by atoms with E-state index in [1.165, 1.54) is 0 Å². The summed E-state index contributed by atoms with van der Waals surface area (Å²) in [6.07, 6.45) is 6.54. The molecule has 0 spiro atoms. The normalized spacial score (nSPS) is 17.5. The van der Waals surface area contributed by atoms with Gasteiger partial charge in [0.2, 0.25) is 5.65 Å².